The fourth-order valence-electron chi connectivity index (χ4n) is 3.33. The number of benzene rings is 2. The van der Waals surface area contributed by atoms with Crippen LogP contribution in [0.5, 0.6) is 5.75 Å². The normalized spacial score (nSPS) is 11.1. The van der Waals surface area contributed by atoms with Crippen LogP contribution in [0.15, 0.2) is 54.7 Å². The predicted octanol–water partition coefficient (Wildman–Crippen LogP) is 5.54. The summed E-state index contributed by atoms with van der Waals surface area (Å²) < 4.78 is 6.40. The van der Waals surface area contributed by atoms with Crippen LogP contribution in [0.4, 0.5) is 5.13 Å². The number of carbonyl (C=O) groups is 1. The first-order valence-electron chi connectivity index (χ1n) is 9.20. The molecule has 1 N–H and O–H groups in total. The summed E-state index contributed by atoms with van der Waals surface area (Å²) in [6.45, 7) is 1.90. The molecule has 5 aromatic rings. The molecule has 8 heteroatoms. The molecule has 2 aromatic carbocycles. The SMILES string of the molecule is COc1cc2sc(NC(=O)c3nc(C)sc3-c3ccccc3)nc2c2cccnc12. The molecule has 0 spiro atoms. The van der Waals surface area contributed by atoms with Crippen LogP contribution in [0.2, 0.25) is 0 Å². The number of thiazole rings is 2. The van der Waals surface area contributed by atoms with Gasteiger partial charge in [0, 0.05) is 17.6 Å². The molecule has 0 aliphatic heterocycles. The van der Waals surface area contributed by atoms with Gasteiger partial charge in [-0.2, -0.15) is 0 Å². The first kappa shape index (κ1) is 18.7. The number of aryl methyl sites for hydroxylation is 1. The molecule has 5 rings (SSSR count). The lowest BCUT2D eigenvalue weighted by molar-refractivity contribution is 0.102. The fraction of sp³-hybridized carbons (Fsp3) is 0.0909. The Labute approximate surface area is 180 Å². The smallest absolute Gasteiger partial charge is 0.277 e. The van der Waals surface area contributed by atoms with Crippen molar-refractivity contribution < 1.29 is 9.53 Å². The molecule has 1 amide bonds. The van der Waals surface area contributed by atoms with Gasteiger partial charge in [0.05, 0.1) is 27.2 Å². The molecule has 0 unspecified atom stereocenters. The Morgan fingerprint density at radius 3 is 2.67 bits per heavy atom. The monoisotopic (exact) mass is 432 g/mol. The molecule has 0 atom stereocenters. The summed E-state index contributed by atoms with van der Waals surface area (Å²) in [5.74, 6) is 0.410. The van der Waals surface area contributed by atoms with Crippen LogP contribution in [0, 0.1) is 6.92 Å². The second-order valence-electron chi connectivity index (χ2n) is 6.57. The molecule has 0 fully saturated rings. The average Bonchev–Trinajstić information content (AvgIpc) is 3.36. The molecule has 0 saturated heterocycles. The third kappa shape index (κ3) is 3.20. The van der Waals surface area contributed by atoms with Crippen molar-refractivity contribution in [1.29, 1.82) is 0 Å². The van der Waals surface area contributed by atoms with Gasteiger partial charge in [-0.05, 0) is 24.6 Å². The van der Waals surface area contributed by atoms with Gasteiger partial charge in [0.2, 0.25) is 0 Å². The maximum absolute atomic E-state index is 13.0. The summed E-state index contributed by atoms with van der Waals surface area (Å²) >= 11 is 2.90. The molecular weight excluding hydrogens is 416 g/mol. The number of pyridine rings is 1. The van der Waals surface area contributed by atoms with Crippen LogP contribution >= 0.6 is 22.7 Å². The van der Waals surface area contributed by atoms with E-state index in [0.29, 0.717) is 16.6 Å². The zero-order chi connectivity index (χ0) is 20.7. The highest BCUT2D eigenvalue weighted by atomic mass is 32.1. The number of ether oxygens (including phenoxy) is 1. The van der Waals surface area contributed by atoms with E-state index < -0.39 is 0 Å². The van der Waals surface area contributed by atoms with E-state index in [1.54, 1.807) is 13.3 Å². The third-order valence-corrected chi connectivity index (χ3v) is 6.57. The molecule has 3 heterocycles. The van der Waals surface area contributed by atoms with Crippen molar-refractivity contribution in [3.8, 4) is 16.2 Å². The first-order chi connectivity index (χ1) is 14.6. The Balaban J connectivity index is 1.54. The highest BCUT2D eigenvalue weighted by molar-refractivity contribution is 7.22. The Kier molecular flexibility index (Phi) is 4.65. The number of hydrogen-bond donors (Lipinski definition) is 1. The van der Waals surface area contributed by atoms with Crippen molar-refractivity contribution >= 4 is 54.8 Å². The summed E-state index contributed by atoms with van der Waals surface area (Å²) in [7, 11) is 1.62. The van der Waals surface area contributed by atoms with Gasteiger partial charge in [-0.3, -0.25) is 15.1 Å². The van der Waals surface area contributed by atoms with E-state index in [2.05, 4.69) is 20.3 Å². The van der Waals surface area contributed by atoms with Gasteiger partial charge in [-0.1, -0.05) is 41.7 Å². The van der Waals surface area contributed by atoms with Crippen LogP contribution in [-0.2, 0) is 0 Å². The molecule has 0 aliphatic rings. The van der Waals surface area contributed by atoms with Gasteiger partial charge in [0.25, 0.3) is 5.91 Å². The van der Waals surface area contributed by atoms with Gasteiger partial charge < -0.3 is 4.74 Å². The topological polar surface area (TPSA) is 77.0 Å². The zero-order valence-corrected chi connectivity index (χ0v) is 17.8. The van der Waals surface area contributed by atoms with E-state index in [9.17, 15) is 4.79 Å². The third-order valence-electron chi connectivity index (χ3n) is 4.64. The van der Waals surface area contributed by atoms with Crippen molar-refractivity contribution in [3.05, 3.63) is 65.4 Å². The number of amides is 1. The van der Waals surface area contributed by atoms with E-state index in [1.807, 2.05) is 55.5 Å². The van der Waals surface area contributed by atoms with Crippen molar-refractivity contribution in [1.82, 2.24) is 15.0 Å². The second kappa shape index (κ2) is 7.47. The van der Waals surface area contributed by atoms with Crippen molar-refractivity contribution in [2.24, 2.45) is 0 Å². The molecule has 0 aliphatic carbocycles. The Morgan fingerprint density at radius 2 is 1.87 bits per heavy atom. The molecule has 0 radical (unpaired) electrons. The highest BCUT2D eigenvalue weighted by Gasteiger charge is 2.20. The standard InChI is InChI=1S/C22H16N4O2S2/c1-12-24-19(20(29-12)13-7-4-3-5-8-13)21(27)26-22-25-18-14-9-6-10-23-17(14)15(28-2)11-16(18)30-22/h3-11H,1-2H3,(H,25,26,27). The summed E-state index contributed by atoms with van der Waals surface area (Å²) in [5.41, 5.74) is 2.92. The lowest BCUT2D eigenvalue weighted by Gasteiger charge is -2.04. The molecule has 6 nitrogen and oxygen atoms in total. The lowest BCUT2D eigenvalue weighted by Crippen LogP contribution is -2.13. The van der Waals surface area contributed by atoms with Gasteiger partial charge >= 0.3 is 0 Å². The van der Waals surface area contributed by atoms with Crippen molar-refractivity contribution in [3.63, 3.8) is 0 Å². The van der Waals surface area contributed by atoms with Crippen LogP contribution < -0.4 is 10.1 Å². The molecule has 0 bridgehead atoms. The number of rotatable bonds is 4. The largest absolute Gasteiger partial charge is 0.494 e. The van der Waals surface area contributed by atoms with E-state index in [-0.39, 0.29) is 5.91 Å². The quantitative estimate of drug-likeness (QED) is 0.404. The number of fused-ring (bicyclic) bond motifs is 3. The van der Waals surface area contributed by atoms with E-state index in [0.717, 1.165) is 36.6 Å². The molecule has 148 valence electrons. The Hall–Kier alpha value is -3.36. The van der Waals surface area contributed by atoms with Crippen LogP contribution in [-0.4, -0.2) is 28.0 Å². The average molecular weight is 433 g/mol. The predicted molar refractivity (Wildman–Crippen MR) is 122 cm³/mol. The zero-order valence-electron chi connectivity index (χ0n) is 16.2. The highest BCUT2D eigenvalue weighted by Crippen LogP contribution is 2.37. The fourth-order valence-corrected chi connectivity index (χ4v) is 5.16. The lowest BCUT2D eigenvalue weighted by atomic mass is 10.1. The maximum atomic E-state index is 13.0. The number of aromatic nitrogens is 3. The summed E-state index contributed by atoms with van der Waals surface area (Å²) in [6.07, 6.45) is 1.72. The first-order valence-corrected chi connectivity index (χ1v) is 10.8. The minimum absolute atomic E-state index is 0.272. The number of carbonyl (C=O) groups excluding carboxylic acids is 1. The van der Waals surface area contributed by atoms with Crippen molar-refractivity contribution in [2.75, 3.05) is 12.4 Å². The minimum atomic E-state index is -0.272. The molecule has 3 aromatic heterocycles. The van der Waals surface area contributed by atoms with Gasteiger partial charge in [0.15, 0.2) is 5.13 Å². The summed E-state index contributed by atoms with van der Waals surface area (Å²) in [5, 5.41) is 5.16. The van der Waals surface area contributed by atoms with Crippen LogP contribution in [0.1, 0.15) is 15.5 Å². The Morgan fingerprint density at radius 1 is 1.03 bits per heavy atom. The second-order valence-corrected chi connectivity index (χ2v) is 8.81. The van der Waals surface area contributed by atoms with Crippen LogP contribution in [0.3, 0.4) is 0 Å². The van der Waals surface area contributed by atoms with E-state index in [1.165, 1.54) is 22.7 Å². The number of anilines is 1. The number of hydrogen-bond acceptors (Lipinski definition) is 7. The molecular formula is C22H16N4O2S2. The van der Waals surface area contributed by atoms with Crippen LogP contribution in [0.25, 0.3) is 31.6 Å². The summed E-state index contributed by atoms with van der Waals surface area (Å²) in [4.78, 5) is 27.4. The maximum Gasteiger partial charge on any atom is 0.277 e. The Bertz CT molecular complexity index is 1390. The molecule has 0 saturated carbocycles. The number of nitrogens with one attached hydrogen (secondary N) is 1. The van der Waals surface area contributed by atoms with E-state index >= 15 is 0 Å². The number of nitrogens with zero attached hydrogens (tertiary/aromatic N) is 3. The van der Waals surface area contributed by atoms with Gasteiger partial charge in [-0.25, -0.2) is 9.97 Å². The number of methoxy groups -OCH3 is 1. The minimum Gasteiger partial charge on any atom is -0.494 e. The van der Waals surface area contributed by atoms with Gasteiger partial charge in [-0.15, -0.1) is 11.3 Å². The molecule has 30 heavy (non-hydrogen) atoms. The van der Waals surface area contributed by atoms with E-state index in [4.69, 9.17) is 4.74 Å². The van der Waals surface area contributed by atoms with Crippen molar-refractivity contribution in [2.45, 2.75) is 6.92 Å². The summed E-state index contributed by atoms with van der Waals surface area (Å²) in [6, 6.07) is 15.5. The van der Waals surface area contributed by atoms with Gasteiger partial charge in [0.1, 0.15) is 17.0 Å².